The summed E-state index contributed by atoms with van der Waals surface area (Å²) in [7, 11) is 0. The number of hydrogen-bond donors (Lipinski definition) is 0. The average molecular weight is 402 g/mol. The molecule has 0 aromatic carbocycles. The molecule has 3 aromatic heterocycles. The van der Waals surface area contributed by atoms with E-state index in [1.165, 1.54) is 17.4 Å². The van der Waals surface area contributed by atoms with Crippen molar-refractivity contribution in [2.45, 2.75) is 39.2 Å². The number of thiophene rings is 1. The van der Waals surface area contributed by atoms with Crippen LogP contribution in [0.5, 0.6) is 0 Å². The van der Waals surface area contributed by atoms with E-state index >= 15 is 0 Å². The first kappa shape index (κ1) is 18.2. The minimum Gasteiger partial charge on any atom is -0.463 e. The molecule has 0 unspecified atom stereocenters. The highest BCUT2D eigenvalue weighted by molar-refractivity contribution is 7.19. The van der Waals surface area contributed by atoms with Crippen LogP contribution in [0.4, 0.5) is 0 Å². The van der Waals surface area contributed by atoms with Gasteiger partial charge in [-0.1, -0.05) is 11.6 Å². The van der Waals surface area contributed by atoms with Crippen molar-refractivity contribution < 1.29 is 9.53 Å². The number of hydrogen-bond acceptors (Lipinski definition) is 5. The molecule has 0 atom stereocenters. The first-order valence-electron chi connectivity index (χ1n) is 9.12. The Morgan fingerprint density at radius 3 is 2.85 bits per heavy atom. The number of fused-ring (bicyclic) bond motifs is 1. The molecule has 0 bridgehead atoms. The molecule has 0 radical (unpaired) electrons. The molecular formula is C20H20ClN3O2S. The third kappa shape index (κ3) is 3.51. The highest BCUT2D eigenvalue weighted by Crippen LogP contribution is 2.46. The van der Waals surface area contributed by atoms with E-state index in [-0.39, 0.29) is 5.97 Å². The van der Waals surface area contributed by atoms with Gasteiger partial charge in [0.1, 0.15) is 0 Å². The van der Waals surface area contributed by atoms with E-state index in [1.54, 1.807) is 6.92 Å². The van der Waals surface area contributed by atoms with Crippen LogP contribution in [0, 0.1) is 0 Å². The van der Waals surface area contributed by atoms with E-state index in [1.807, 2.05) is 29.1 Å². The number of ether oxygens (including phenoxy) is 1. The van der Waals surface area contributed by atoms with Gasteiger partial charge in [-0.05, 0) is 44.9 Å². The first-order chi connectivity index (χ1) is 13.1. The predicted octanol–water partition coefficient (Wildman–Crippen LogP) is 5.29. The Morgan fingerprint density at radius 1 is 1.41 bits per heavy atom. The lowest BCUT2D eigenvalue weighted by Crippen LogP contribution is -2.03. The Kier molecular flexibility index (Phi) is 5.02. The van der Waals surface area contributed by atoms with Gasteiger partial charge >= 0.3 is 5.97 Å². The second kappa shape index (κ2) is 7.44. The van der Waals surface area contributed by atoms with Crippen molar-refractivity contribution in [1.82, 2.24) is 14.8 Å². The second-order valence-corrected chi connectivity index (χ2v) is 8.16. The van der Waals surface area contributed by atoms with E-state index in [0.29, 0.717) is 12.5 Å². The average Bonchev–Trinajstić information content (AvgIpc) is 3.29. The maximum Gasteiger partial charge on any atom is 0.330 e. The summed E-state index contributed by atoms with van der Waals surface area (Å²) in [4.78, 5) is 17.9. The highest BCUT2D eigenvalue weighted by Gasteiger charge is 2.30. The van der Waals surface area contributed by atoms with Gasteiger partial charge in [0.05, 0.1) is 22.8 Å². The van der Waals surface area contributed by atoms with Crippen molar-refractivity contribution in [2.24, 2.45) is 0 Å². The molecule has 0 N–H and O–H groups in total. The van der Waals surface area contributed by atoms with Gasteiger partial charge in [-0.15, -0.1) is 11.3 Å². The summed E-state index contributed by atoms with van der Waals surface area (Å²) in [5, 5.41) is 5.48. The maximum atomic E-state index is 11.9. The first-order valence-corrected chi connectivity index (χ1v) is 10.3. The van der Waals surface area contributed by atoms with Gasteiger partial charge in [0.2, 0.25) is 0 Å². The lowest BCUT2D eigenvalue weighted by atomic mass is 9.99. The summed E-state index contributed by atoms with van der Waals surface area (Å²) >= 11 is 7.74. The summed E-state index contributed by atoms with van der Waals surface area (Å²) in [5.41, 5.74) is 3.91. The number of pyridine rings is 1. The Balaban J connectivity index is 1.97. The van der Waals surface area contributed by atoms with Crippen molar-refractivity contribution in [3.8, 4) is 10.4 Å². The Labute approximate surface area is 166 Å². The number of aromatic nitrogens is 3. The zero-order valence-electron chi connectivity index (χ0n) is 15.2. The summed E-state index contributed by atoms with van der Waals surface area (Å²) in [6.45, 7) is 4.96. The minimum atomic E-state index is -0.348. The van der Waals surface area contributed by atoms with Gasteiger partial charge < -0.3 is 4.74 Å². The third-order valence-corrected chi connectivity index (χ3v) is 5.86. The number of halogens is 1. The van der Waals surface area contributed by atoms with Gasteiger partial charge in [-0.3, -0.25) is 0 Å². The number of esters is 1. The maximum absolute atomic E-state index is 11.9. The molecule has 27 heavy (non-hydrogen) atoms. The van der Waals surface area contributed by atoms with Crippen LogP contribution >= 0.6 is 22.9 Å². The zero-order chi connectivity index (χ0) is 19.0. The largest absolute Gasteiger partial charge is 0.463 e. The SMILES string of the molecule is CCOC(=O)/C=C/c1c(C2CC2)nc2c(cnn2CC)c1-c1ccc(Cl)s1. The molecule has 1 saturated carbocycles. The van der Waals surface area contributed by atoms with Gasteiger partial charge in [-0.25, -0.2) is 14.5 Å². The lowest BCUT2D eigenvalue weighted by molar-refractivity contribution is -0.137. The fraction of sp³-hybridized carbons (Fsp3) is 0.350. The van der Waals surface area contributed by atoms with Crippen LogP contribution in [-0.4, -0.2) is 27.3 Å². The molecular weight excluding hydrogens is 382 g/mol. The van der Waals surface area contributed by atoms with Gasteiger partial charge in [-0.2, -0.15) is 5.10 Å². The van der Waals surface area contributed by atoms with Gasteiger partial charge in [0.15, 0.2) is 5.65 Å². The third-order valence-electron chi connectivity index (χ3n) is 4.61. The number of carbonyl (C=O) groups is 1. The fourth-order valence-corrected chi connectivity index (χ4v) is 4.36. The number of aryl methyl sites for hydroxylation is 1. The molecule has 4 rings (SSSR count). The topological polar surface area (TPSA) is 57.0 Å². The van der Waals surface area contributed by atoms with E-state index in [0.717, 1.165) is 56.5 Å². The van der Waals surface area contributed by atoms with E-state index in [2.05, 4.69) is 12.0 Å². The number of nitrogens with zero attached hydrogens (tertiary/aromatic N) is 3. The zero-order valence-corrected chi connectivity index (χ0v) is 16.8. The Bertz CT molecular complexity index is 1030. The second-order valence-electron chi connectivity index (χ2n) is 6.45. The molecule has 0 saturated heterocycles. The summed E-state index contributed by atoms with van der Waals surface area (Å²) in [6.07, 6.45) is 7.41. The van der Waals surface area contributed by atoms with Crippen molar-refractivity contribution in [1.29, 1.82) is 0 Å². The predicted molar refractivity (Wildman–Crippen MR) is 109 cm³/mol. The van der Waals surface area contributed by atoms with E-state index < -0.39 is 0 Å². The summed E-state index contributed by atoms with van der Waals surface area (Å²) in [6, 6.07) is 3.91. The van der Waals surface area contributed by atoms with Crippen LogP contribution in [0.3, 0.4) is 0 Å². The summed E-state index contributed by atoms with van der Waals surface area (Å²) in [5.74, 6) is 0.0735. The van der Waals surface area contributed by atoms with E-state index in [4.69, 9.17) is 21.3 Å². The highest BCUT2D eigenvalue weighted by atomic mass is 35.5. The monoisotopic (exact) mass is 401 g/mol. The number of carbonyl (C=O) groups excluding carboxylic acids is 1. The molecule has 1 fully saturated rings. The van der Waals surface area contributed by atoms with Crippen LogP contribution in [0.25, 0.3) is 27.6 Å². The number of rotatable bonds is 6. The Morgan fingerprint density at radius 2 is 2.22 bits per heavy atom. The molecule has 1 aliphatic carbocycles. The standard InChI is InChI=1S/C20H20ClN3O2S/c1-3-24-20-14(11-22-24)18(15-8-9-16(21)27-15)13(7-10-17(25)26-4-2)19(23-20)12-5-6-12/h7-12H,3-6H2,1-2H3/b10-7+. The minimum absolute atomic E-state index is 0.348. The molecule has 3 heterocycles. The molecule has 140 valence electrons. The van der Waals surface area contributed by atoms with Crippen LogP contribution in [-0.2, 0) is 16.1 Å². The molecule has 3 aromatic rings. The molecule has 5 nitrogen and oxygen atoms in total. The van der Waals surface area contributed by atoms with Crippen molar-refractivity contribution in [2.75, 3.05) is 6.61 Å². The molecule has 0 aliphatic heterocycles. The van der Waals surface area contributed by atoms with E-state index in [9.17, 15) is 4.79 Å². The molecule has 7 heteroatoms. The van der Waals surface area contributed by atoms with Crippen LogP contribution in [0.2, 0.25) is 4.34 Å². The van der Waals surface area contributed by atoms with Gasteiger partial charge in [0.25, 0.3) is 0 Å². The van der Waals surface area contributed by atoms with Crippen LogP contribution in [0.1, 0.15) is 43.9 Å². The summed E-state index contributed by atoms with van der Waals surface area (Å²) < 4.78 is 7.70. The van der Waals surface area contributed by atoms with Crippen LogP contribution < -0.4 is 0 Å². The smallest absolute Gasteiger partial charge is 0.330 e. The van der Waals surface area contributed by atoms with Crippen molar-refractivity contribution in [3.63, 3.8) is 0 Å². The van der Waals surface area contributed by atoms with Crippen LogP contribution in [0.15, 0.2) is 24.4 Å². The normalized spacial score (nSPS) is 14.3. The molecule has 0 amide bonds. The van der Waals surface area contributed by atoms with Crippen molar-refractivity contribution >= 4 is 46.0 Å². The lowest BCUT2D eigenvalue weighted by Gasteiger charge is -2.12. The Hall–Kier alpha value is -2.18. The van der Waals surface area contributed by atoms with Gasteiger partial charge in [0, 0.05) is 39.9 Å². The quantitative estimate of drug-likeness (QED) is 0.416. The molecule has 0 spiro atoms. The molecule has 1 aliphatic rings. The fourth-order valence-electron chi connectivity index (χ4n) is 3.24. The van der Waals surface area contributed by atoms with Crippen molar-refractivity contribution in [3.05, 3.63) is 40.0 Å².